The zero-order valence-electron chi connectivity index (χ0n) is 44.5. The van der Waals surface area contributed by atoms with Gasteiger partial charge in [0.2, 0.25) is 0 Å². The highest BCUT2D eigenvalue weighted by atomic mass is 32.1. The van der Waals surface area contributed by atoms with Crippen LogP contribution in [0.25, 0.3) is 0 Å². The first-order valence-corrected chi connectivity index (χ1v) is 26.5. The predicted octanol–water partition coefficient (Wildman–Crippen LogP) is 9.16. The second-order valence-corrected chi connectivity index (χ2v) is 18.3. The van der Waals surface area contributed by atoms with Crippen molar-refractivity contribution in [3.63, 3.8) is 0 Å². The van der Waals surface area contributed by atoms with E-state index in [4.69, 9.17) is 31.2 Å². The van der Waals surface area contributed by atoms with Crippen LogP contribution in [0.1, 0.15) is 99.9 Å². The molecule has 8 bridgehead atoms. The lowest BCUT2D eigenvalue weighted by Crippen LogP contribution is -2.35. The number of likely N-dealkylation sites (N-methyl/N-ethyl adjacent to an activating group) is 4. The van der Waals surface area contributed by atoms with Gasteiger partial charge in [-0.2, -0.15) is 0 Å². The van der Waals surface area contributed by atoms with Crippen LogP contribution in [0.2, 0.25) is 0 Å². The molecule has 15 heteroatoms. The Labute approximate surface area is 443 Å². The van der Waals surface area contributed by atoms with Gasteiger partial charge >= 0.3 is 0 Å². The molecular formula is C59H74N6O8S. The van der Waals surface area contributed by atoms with Crippen molar-refractivity contribution in [1.29, 1.82) is 0 Å². The Hall–Kier alpha value is -7.13. The summed E-state index contributed by atoms with van der Waals surface area (Å²) in [4.78, 5) is 61.8. The van der Waals surface area contributed by atoms with E-state index in [-0.39, 0.29) is 62.9 Å². The smallest absolute Gasteiger partial charge is 0.260 e. The molecule has 0 spiro atoms. The lowest BCUT2D eigenvalue weighted by Gasteiger charge is -2.25. The van der Waals surface area contributed by atoms with Gasteiger partial charge < -0.3 is 49.2 Å². The average molecular weight is 1030 g/mol. The molecule has 6 rings (SSSR count). The summed E-state index contributed by atoms with van der Waals surface area (Å²) in [5.41, 5.74) is 7.66. The summed E-state index contributed by atoms with van der Waals surface area (Å²) in [7, 11) is 0. The summed E-state index contributed by atoms with van der Waals surface area (Å²) in [6.45, 7) is 19.0. The molecule has 1 aliphatic carbocycles. The molecule has 4 amide bonds. The molecule has 0 fully saturated rings. The first-order chi connectivity index (χ1) is 35.9. The molecule has 0 atom stereocenters. The van der Waals surface area contributed by atoms with E-state index in [2.05, 4.69) is 10.6 Å². The third-order valence-electron chi connectivity index (χ3n) is 13.4. The van der Waals surface area contributed by atoms with Crippen molar-refractivity contribution in [3.05, 3.63) is 142 Å². The van der Waals surface area contributed by atoms with Crippen molar-refractivity contribution in [2.24, 2.45) is 0 Å². The Kier molecular flexibility index (Phi) is 21.1. The van der Waals surface area contributed by atoms with Crippen LogP contribution in [-0.2, 0) is 44.9 Å². The second kappa shape index (κ2) is 27.8. The summed E-state index contributed by atoms with van der Waals surface area (Å²) in [5.74, 6) is 1.51. The van der Waals surface area contributed by atoms with Crippen molar-refractivity contribution in [2.45, 2.75) is 81.1 Å². The number of para-hydroxylation sites is 4. The predicted molar refractivity (Wildman–Crippen MR) is 297 cm³/mol. The molecule has 0 aromatic heterocycles. The van der Waals surface area contributed by atoms with Gasteiger partial charge in [-0.3, -0.25) is 19.2 Å². The van der Waals surface area contributed by atoms with Crippen LogP contribution < -0.4 is 29.6 Å². The van der Waals surface area contributed by atoms with Gasteiger partial charge in [0.05, 0.1) is 0 Å². The number of carbonyl (C=O) groups excluding carboxylic acids is 4. The van der Waals surface area contributed by atoms with Gasteiger partial charge in [0.15, 0.2) is 31.5 Å². The van der Waals surface area contributed by atoms with E-state index in [0.717, 1.165) is 50.2 Å². The molecule has 74 heavy (non-hydrogen) atoms. The van der Waals surface area contributed by atoms with Crippen LogP contribution in [0.15, 0.2) is 97.1 Å². The minimum Gasteiger partial charge on any atom is -0.483 e. The normalized spacial score (nSPS) is 11.7. The molecule has 5 aromatic rings. The van der Waals surface area contributed by atoms with Gasteiger partial charge in [-0.25, -0.2) is 0 Å². The quantitative estimate of drug-likeness (QED) is 0.0629. The van der Waals surface area contributed by atoms with Crippen LogP contribution in [0.4, 0.5) is 11.4 Å². The standard InChI is InChI=1S/C59H74N6O8S/c1-9-62(10-2)51(66)37-70-55-41-23-20-24-42(55)32-44-26-22-28-46(57(44)72-39-53(68)64(13-5)14-6)34-48-36-50(61-59(74)60-49-29-18-17-19-30-49)35-47(58(48)73-40-54(69)65(15-7)16-8)33-45-27-21-25-43(31-41)56(45)71-38-52(67)63(11-3)12-4/h17-30,35-36H,9-16,31-34,37-40H2,1-8H3,(H2,60,61,74). The summed E-state index contributed by atoms with van der Waals surface area (Å²) >= 11 is 5.91. The van der Waals surface area contributed by atoms with Crippen LogP contribution in [-0.4, -0.2) is 127 Å². The average Bonchev–Trinajstić information content (AvgIpc) is 3.39. The van der Waals surface area contributed by atoms with Crippen molar-refractivity contribution in [2.75, 3.05) is 89.4 Å². The molecule has 5 aromatic carbocycles. The highest BCUT2D eigenvalue weighted by molar-refractivity contribution is 7.80. The number of hydrogen-bond donors (Lipinski definition) is 2. The van der Waals surface area contributed by atoms with Gasteiger partial charge in [-0.05, 0) is 125 Å². The number of benzene rings is 5. The van der Waals surface area contributed by atoms with Gasteiger partial charge in [-0.1, -0.05) is 72.8 Å². The zero-order valence-corrected chi connectivity index (χ0v) is 45.3. The molecule has 0 saturated carbocycles. The number of nitrogens with zero attached hydrogens (tertiary/aromatic N) is 4. The fourth-order valence-corrected chi connectivity index (χ4v) is 9.66. The SMILES string of the molecule is CCN(CC)C(=O)COc1c2cccc1Cc1cccc(c1OCC(=O)N(CC)CC)Cc1cc(NC(=S)Nc3ccccc3)cc(c1OCC(=O)N(CC)CC)Cc1cccc(c1OCC(=O)N(CC)CC)C2. The van der Waals surface area contributed by atoms with E-state index in [9.17, 15) is 19.2 Å². The number of anilines is 2. The van der Waals surface area contributed by atoms with E-state index >= 15 is 0 Å². The fraction of sp³-hybridized carbons (Fsp3) is 0.407. The van der Waals surface area contributed by atoms with E-state index in [0.29, 0.717) is 99.0 Å². The van der Waals surface area contributed by atoms with Crippen LogP contribution in [0, 0.1) is 0 Å². The summed E-state index contributed by atoms with van der Waals surface area (Å²) < 4.78 is 26.8. The van der Waals surface area contributed by atoms with Crippen molar-refractivity contribution >= 4 is 52.3 Å². The molecule has 2 N–H and O–H groups in total. The molecule has 394 valence electrons. The Bertz CT molecular complexity index is 2590. The van der Waals surface area contributed by atoms with Crippen LogP contribution >= 0.6 is 12.2 Å². The van der Waals surface area contributed by atoms with Crippen molar-refractivity contribution in [3.8, 4) is 23.0 Å². The first kappa shape index (κ1) is 56.2. The number of ether oxygens (including phenoxy) is 4. The largest absolute Gasteiger partial charge is 0.483 e. The number of carbonyl (C=O) groups is 4. The lowest BCUT2D eigenvalue weighted by atomic mass is 9.91. The van der Waals surface area contributed by atoms with E-state index in [1.165, 1.54) is 0 Å². The fourth-order valence-electron chi connectivity index (χ4n) is 9.42. The van der Waals surface area contributed by atoms with Crippen molar-refractivity contribution < 1.29 is 38.1 Å². The van der Waals surface area contributed by atoms with Crippen molar-refractivity contribution in [1.82, 2.24) is 19.6 Å². The Morgan fingerprint density at radius 1 is 0.378 bits per heavy atom. The number of hydrogen-bond acceptors (Lipinski definition) is 9. The minimum absolute atomic E-state index is 0.136. The maximum absolute atomic E-state index is 13.8. The molecular weight excluding hydrogens is 953 g/mol. The molecule has 0 unspecified atom stereocenters. The highest BCUT2D eigenvalue weighted by Gasteiger charge is 2.26. The zero-order chi connectivity index (χ0) is 53.1. The maximum atomic E-state index is 13.8. The molecule has 14 nitrogen and oxygen atoms in total. The van der Waals surface area contributed by atoms with E-state index in [1.54, 1.807) is 19.6 Å². The minimum atomic E-state index is -0.222. The Balaban J connectivity index is 1.62. The highest BCUT2D eigenvalue weighted by Crippen LogP contribution is 2.40. The number of nitrogens with one attached hydrogen (secondary N) is 2. The number of amides is 4. The molecule has 0 heterocycles. The van der Waals surface area contributed by atoms with Gasteiger partial charge in [0, 0.05) is 101 Å². The molecule has 0 aliphatic heterocycles. The molecule has 0 saturated heterocycles. The summed E-state index contributed by atoms with van der Waals surface area (Å²) in [6.07, 6.45) is 1.15. The second-order valence-electron chi connectivity index (χ2n) is 17.9. The lowest BCUT2D eigenvalue weighted by molar-refractivity contribution is -0.133. The first-order valence-electron chi connectivity index (χ1n) is 26.1. The monoisotopic (exact) mass is 1030 g/mol. The third kappa shape index (κ3) is 14.5. The third-order valence-corrected chi connectivity index (χ3v) is 13.6. The summed E-state index contributed by atoms with van der Waals surface area (Å²) in [5, 5.41) is 7.08. The number of fused-ring (bicyclic) bond motifs is 8. The number of rotatable bonds is 22. The molecule has 0 radical (unpaired) electrons. The van der Waals surface area contributed by atoms with Gasteiger partial charge in [0.1, 0.15) is 23.0 Å². The van der Waals surface area contributed by atoms with Crippen LogP contribution in [0.5, 0.6) is 23.0 Å². The van der Waals surface area contributed by atoms with Gasteiger partial charge in [-0.15, -0.1) is 0 Å². The number of thiocarbonyl (C=S) groups is 1. The van der Waals surface area contributed by atoms with Crippen LogP contribution in [0.3, 0.4) is 0 Å². The van der Waals surface area contributed by atoms with E-state index < -0.39 is 0 Å². The topological polar surface area (TPSA) is 142 Å². The maximum Gasteiger partial charge on any atom is 0.260 e. The van der Waals surface area contributed by atoms with Gasteiger partial charge in [0.25, 0.3) is 23.6 Å². The Morgan fingerprint density at radius 2 is 0.635 bits per heavy atom. The summed E-state index contributed by atoms with van der Waals surface area (Å²) in [6, 6.07) is 31.4. The molecule has 1 aliphatic rings. The van der Waals surface area contributed by atoms with E-state index in [1.807, 2.05) is 152 Å². The Morgan fingerprint density at radius 3 is 0.919 bits per heavy atom.